The predicted octanol–water partition coefficient (Wildman–Crippen LogP) is -2.93. The van der Waals surface area contributed by atoms with Gasteiger partial charge in [0.25, 0.3) is 0 Å². The van der Waals surface area contributed by atoms with Crippen molar-refractivity contribution in [2.45, 2.75) is 92.9 Å². The van der Waals surface area contributed by atoms with E-state index in [-0.39, 0.29) is 22.7 Å². The molecule has 19 nitrogen and oxygen atoms in total. The second-order valence-corrected chi connectivity index (χ2v) is 12.5. The van der Waals surface area contributed by atoms with Crippen molar-refractivity contribution in [1.29, 1.82) is 0 Å². The molecule has 19 heteroatoms. The summed E-state index contributed by atoms with van der Waals surface area (Å²) in [6.07, 6.45) is -23.6. The summed E-state index contributed by atoms with van der Waals surface area (Å²) in [6, 6.07) is 7.26. The number of rotatable bonds is 8. The van der Waals surface area contributed by atoms with Crippen molar-refractivity contribution >= 4 is 11.0 Å². The van der Waals surface area contributed by atoms with E-state index in [0.29, 0.717) is 0 Å². The van der Waals surface area contributed by atoms with Crippen molar-refractivity contribution in [2.75, 3.05) is 13.2 Å². The van der Waals surface area contributed by atoms with Crippen LogP contribution >= 0.6 is 0 Å². The zero-order valence-electron chi connectivity index (χ0n) is 26.6. The van der Waals surface area contributed by atoms with E-state index in [4.69, 9.17) is 32.8 Å². The number of fused-ring (bicyclic) bond motifs is 1. The summed E-state index contributed by atoms with van der Waals surface area (Å²) in [5, 5.41) is 114. The molecule has 14 atom stereocenters. The molecule has 6 rings (SSSR count). The molecule has 4 heterocycles. The van der Waals surface area contributed by atoms with E-state index in [1.807, 2.05) is 0 Å². The molecule has 3 aliphatic heterocycles. The van der Waals surface area contributed by atoms with Gasteiger partial charge >= 0.3 is 0 Å². The molecule has 0 aliphatic carbocycles. The van der Waals surface area contributed by atoms with Crippen LogP contribution in [0.3, 0.4) is 0 Å². The number of benzene rings is 2. The first-order valence-corrected chi connectivity index (χ1v) is 15.8. The van der Waals surface area contributed by atoms with E-state index in [1.165, 1.54) is 31.2 Å². The average Bonchev–Trinajstić information content (AvgIpc) is 3.09. The van der Waals surface area contributed by atoms with E-state index < -0.39 is 127 Å². The maximum atomic E-state index is 13.9. The van der Waals surface area contributed by atoms with Gasteiger partial charge in [-0.3, -0.25) is 4.79 Å². The van der Waals surface area contributed by atoms with Crippen LogP contribution in [-0.4, -0.2) is 155 Å². The Bertz CT molecular complexity index is 1730. The van der Waals surface area contributed by atoms with Gasteiger partial charge in [-0.15, -0.1) is 0 Å². The minimum Gasteiger partial charge on any atom is -0.508 e. The van der Waals surface area contributed by atoms with Crippen LogP contribution in [0.15, 0.2) is 45.6 Å². The molecule has 3 aromatic rings. The van der Waals surface area contributed by atoms with Gasteiger partial charge in [0.2, 0.25) is 17.5 Å². The van der Waals surface area contributed by atoms with Gasteiger partial charge in [-0.05, 0) is 31.2 Å². The van der Waals surface area contributed by atoms with Gasteiger partial charge in [0.1, 0.15) is 83.2 Å². The summed E-state index contributed by atoms with van der Waals surface area (Å²) in [5.41, 5.74) is -1.04. The summed E-state index contributed by atoms with van der Waals surface area (Å²) >= 11 is 0. The topological polar surface area (TPSA) is 308 Å². The van der Waals surface area contributed by atoms with Crippen LogP contribution < -0.4 is 10.2 Å². The van der Waals surface area contributed by atoms with Crippen LogP contribution in [0.25, 0.3) is 22.3 Å². The van der Waals surface area contributed by atoms with Crippen molar-refractivity contribution in [3.63, 3.8) is 0 Å². The maximum absolute atomic E-state index is 13.9. The van der Waals surface area contributed by atoms with Gasteiger partial charge in [0.05, 0.1) is 19.3 Å². The van der Waals surface area contributed by atoms with Crippen LogP contribution in [0.4, 0.5) is 0 Å². The molecule has 0 saturated carbocycles. The third kappa shape index (κ3) is 7.22. The Hall–Kier alpha value is -3.67. The second-order valence-electron chi connectivity index (χ2n) is 12.5. The number of phenolic OH excluding ortho intramolecular Hbond substituents is 3. The number of hydrogen-bond donors (Lipinski definition) is 11. The summed E-state index contributed by atoms with van der Waals surface area (Å²) in [7, 11) is 0. The minimum atomic E-state index is -1.99. The lowest BCUT2D eigenvalue weighted by molar-refractivity contribution is -0.360. The molecule has 3 saturated heterocycles. The normalized spacial score (nSPS) is 37.4. The number of aliphatic hydroxyl groups excluding tert-OH is 8. The van der Waals surface area contributed by atoms with Gasteiger partial charge in [-0.2, -0.15) is 0 Å². The fourth-order valence-electron chi connectivity index (χ4n) is 5.97. The highest BCUT2D eigenvalue weighted by Gasteiger charge is 2.51. The summed E-state index contributed by atoms with van der Waals surface area (Å²) < 4.78 is 39.7. The Kier molecular flexibility index (Phi) is 10.7. The van der Waals surface area contributed by atoms with Crippen LogP contribution in [0.5, 0.6) is 23.0 Å². The molecule has 0 spiro atoms. The largest absolute Gasteiger partial charge is 0.508 e. The number of aromatic hydroxyl groups is 3. The number of phenols is 3. The first-order valence-electron chi connectivity index (χ1n) is 15.8. The van der Waals surface area contributed by atoms with Crippen molar-refractivity contribution in [3.05, 3.63) is 46.6 Å². The summed E-state index contributed by atoms with van der Waals surface area (Å²) in [4.78, 5) is 13.9. The molecular formula is C32H38O19. The Morgan fingerprint density at radius 3 is 2.14 bits per heavy atom. The highest BCUT2D eigenvalue weighted by Crippen LogP contribution is 2.38. The molecule has 3 aliphatic rings. The monoisotopic (exact) mass is 726 g/mol. The minimum absolute atomic E-state index is 0.129. The van der Waals surface area contributed by atoms with E-state index in [2.05, 4.69) is 0 Å². The SMILES string of the molecule is C[C@@H]1O[C@@H](Oc2c(-c3ccc(O)cc3)oc3cc(O)cc(O)c3c2=O)[C@@H](O[C@@H]2O[C@H](CO[C@H]3OC[C@H](O)[C@@H](O)[C@H]3O)[C@@H](O)[C@H](O)[C@H]2O)[C@H](O)[C@H]1O. The maximum Gasteiger partial charge on any atom is 0.239 e. The Labute approximate surface area is 287 Å². The fourth-order valence-corrected chi connectivity index (χ4v) is 5.97. The van der Waals surface area contributed by atoms with Crippen LogP contribution in [-0.2, 0) is 23.7 Å². The number of ether oxygens (including phenoxy) is 6. The van der Waals surface area contributed by atoms with Gasteiger partial charge in [0, 0.05) is 17.7 Å². The fraction of sp³-hybridized carbons (Fsp3) is 0.531. The highest BCUT2D eigenvalue weighted by molar-refractivity contribution is 5.88. The quantitative estimate of drug-likeness (QED) is 0.111. The second kappa shape index (κ2) is 14.8. The smallest absolute Gasteiger partial charge is 0.239 e. The van der Waals surface area contributed by atoms with Crippen LogP contribution in [0, 0.1) is 0 Å². The third-order valence-corrected chi connectivity index (χ3v) is 8.90. The predicted molar refractivity (Wildman–Crippen MR) is 165 cm³/mol. The van der Waals surface area contributed by atoms with E-state index in [0.717, 1.165) is 12.1 Å². The Balaban J connectivity index is 1.30. The Morgan fingerprint density at radius 2 is 1.43 bits per heavy atom. The van der Waals surface area contributed by atoms with E-state index in [1.54, 1.807) is 0 Å². The molecule has 0 bridgehead atoms. The molecule has 280 valence electrons. The van der Waals surface area contributed by atoms with Gasteiger partial charge in [0.15, 0.2) is 24.4 Å². The first-order chi connectivity index (χ1) is 24.2. The molecule has 0 radical (unpaired) electrons. The zero-order chi connectivity index (χ0) is 36.9. The van der Waals surface area contributed by atoms with Crippen LogP contribution in [0.1, 0.15) is 6.92 Å². The summed E-state index contributed by atoms with van der Waals surface area (Å²) in [6.45, 7) is 0.361. The number of aliphatic hydroxyl groups is 8. The molecule has 11 N–H and O–H groups in total. The van der Waals surface area contributed by atoms with Crippen molar-refractivity contribution in [1.82, 2.24) is 0 Å². The lowest BCUT2D eigenvalue weighted by atomic mass is 9.97. The van der Waals surface area contributed by atoms with Gasteiger partial charge in [-0.1, -0.05) is 0 Å². The molecule has 0 amide bonds. The molecule has 0 unspecified atom stereocenters. The van der Waals surface area contributed by atoms with E-state index in [9.17, 15) is 61.0 Å². The third-order valence-electron chi connectivity index (χ3n) is 8.90. The lowest BCUT2D eigenvalue weighted by Gasteiger charge is -2.46. The van der Waals surface area contributed by atoms with Gasteiger partial charge in [-0.25, -0.2) is 0 Å². The average molecular weight is 727 g/mol. The van der Waals surface area contributed by atoms with E-state index >= 15 is 0 Å². The highest BCUT2D eigenvalue weighted by atomic mass is 16.8. The first kappa shape index (κ1) is 37.1. The van der Waals surface area contributed by atoms with Crippen molar-refractivity contribution in [2.24, 2.45) is 0 Å². The lowest BCUT2D eigenvalue weighted by Crippen LogP contribution is -2.64. The molecular weight excluding hydrogens is 688 g/mol. The van der Waals surface area contributed by atoms with Crippen molar-refractivity contribution in [3.8, 4) is 34.3 Å². The molecule has 2 aromatic carbocycles. The standard InChI is InChI=1S/C32H38O19/c1-10-19(37)24(42)29(51-31-26(44)23(41)21(39)17(49-31)9-46-30-25(43)20(38)15(36)8-45-30)32(47-10)50-28-22(40)18-14(35)6-13(34)7-16(18)48-27(28)11-2-4-12(33)5-3-11/h2-7,10,15,17,19-21,23-26,29-39,41-44H,8-9H2,1H3/t10-,15-,17+,19-,20+,21+,23-,24+,25+,26+,29-,30+,31-,32-/m0/s1. The molecule has 1 aromatic heterocycles. The molecule has 51 heavy (non-hydrogen) atoms. The summed E-state index contributed by atoms with van der Waals surface area (Å²) in [5.74, 6) is -2.10. The Morgan fingerprint density at radius 1 is 0.745 bits per heavy atom. The molecule has 3 fully saturated rings. The van der Waals surface area contributed by atoms with Crippen LogP contribution in [0.2, 0.25) is 0 Å². The number of hydrogen-bond acceptors (Lipinski definition) is 19. The van der Waals surface area contributed by atoms with Crippen molar-refractivity contribution < 1.29 is 89.0 Å². The zero-order valence-corrected chi connectivity index (χ0v) is 26.6. The van der Waals surface area contributed by atoms with Gasteiger partial charge < -0.3 is 89.0 Å².